The first-order valence-electron chi connectivity index (χ1n) is 6.22. The fourth-order valence-corrected chi connectivity index (χ4v) is 2.11. The van der Waals surface area contributed by atoms with Crippen LogP contribution in [0.1, 0.15) is 5.56 Å². The number of benzene rings is 1. The van der Waals surface area contributed by atoms with Crippen LogP contribution >= 0.6 is 34.8 Å². The smallest absolute Gasteiger partial charge is 0.344 e. The maximum Gasteiger partial charge on any atom is 0.344 e. The van der Waals surface area contributed by atoms with Crippen molar-refractivity contribution in [2.24, 2.45) is 0 Å². The van der Waals surface area contributed by atoms with Gasteiger partial charge in [0.05, 0.1) is 5.69 Å². The van der Waals surface area contributed by atoms with Crippen LogP contribution < -0.4 is 10.5 Å². The molecule has 5 nitrogen and oxygen atoms in total. The molecule has 0 saturated carbocycles. The van der Waals surface area contributed by atoms with Gasteiger partial charge in [-0.05, 0) is 6.07 Å². The lowest BCUT2D eigenvalue weighted by atomic mass is 10.2. The molecule has 0 aliphatic rings. The molecule has 0 saturated heterocycles. The highest BCUT2D eigenvalue weighted by atomic mass is 35.5. The number of carbonyl (C=O) groups is 1. The highest BCUT2D eigenvalue weighted by Crippen LogP contribution is 2.35. The Morgan fingerprint density at radius 1 is 1.22 bits per heavy atom. The topological polar surface area (TPSA) is 74.4 Å². The molecule has 0 unspecified atom stereocenters. The molecule has 0 aliphatic carbocycles. The number of nitrogen functional groups attached to an aromatic ring is 1. The number of nitrogens with zero attached hydrogens (tertiary/aromatic N) is 1. The third-order valence-electron chi connectivity index (χ3n) is 2.71. The van der Waals surface area contributed by atoms with E-state index in [1.807, 2.05) is 0 Å². The number of ether oxygens (including phenoxy) is 2. The molecule has 122 valence electrons. The minimum atomic E-state index is -1.05. The van der Waals surface area contributed by atoms with Crippen molar-refractivity contribution in [3.63, 3.8) is 0 Å². The van der Waals surface area contributed by atoms with Crippen molar-refractivity contribution in [3.05, 3.63) is 50.8 Å². The summed E-state index contributed by atoms with van der Waals surface area (Å²) in [7, 11) is 0. The van der Waals surface area contributed by atoms with Gasteiger partial charge in [-0.3, -0.25) is 0 Å². The Kier molecular flexibility index (Phi) is 5.87. The molecule has 2 rings (SSSR count). The van der Waals surface area contributed by atoms with Gasteiger partial charge in [-0.25, -0.2) is 4.79 Å². The zero-order chi connectivity index (χ0) is 17.0. The summed E-state index contributed by atoms with van der Waals surface area (Å²) in [6.07, 6.45) is 0. The minimum absolute atomic E-state index is 0.0276. The van der Waals surface area contributed by atoms with Crippen LogP contribution in [0.15, 0.2) is 24.3 Å². The van der Waals surface area contributed by atoms with E-state index in [4.69, 9.17) is 50.0 Å². The van der Waals surface area contributed by atoms with Gasteiger partial charge in [-0.2, -0.15) is 9.37 Å². The Morgan fingerprint density at radius 2 is 1.91 bits per heavy atom. The quantitative estimate of drug-likeness (QED) is 0.630. The average Bonchev–Trinajstić information content (AvgIpc) is 2.54. The summed E-state index contributed by atoms with van der Waals surface area (Å²) >= 11 is 17.3. The summed E-state index contributed by atoms with van der Waals surface area (Å²) in [4.78, 5) is 15.0. The number of aromatic nitrogens is 1. The summed E-state index contributed by atoms with van der Waals surface area (Å²) in [6.45, 7) is -0.558. The first-order chi connectivity index (χ1) is 10.9. The van der Waals surface area contributed by atoms with E-state index in [0.717, 1.165) is 0 Å². The Hall–Kier alpha value is -1.76. The lowest BCUT2D eigenvalue weighted by molar-refractivity contribution is -0.147. The van der Waals surface area contributed by atoms with Crippen LogP contribution in [0.2, 0.25) is 15.1 Å². The SMILES string of the molecule is Nc1c(Cl)c(F)nc(OCC(=O)OCc2ccccc2Cl)c1Cl. The molecule has 0 spiro atoms. The van der Waals surface area contributed by atoms with Gasteiger partial charge in [0.15, 0.2) is 6.61 Å². The van der Waals surface area contributed by atoms with Crippen molar-refractivity contribution >= 4 is 46.5 Å². The number of halogens is 4. The molecule has 0 amide bonds. The molecule has 2 aromatic rings. The maximum absolute atomic E-state index is 13.4. The van der Waals surface area contributed by atoms with E-state index < -0.39 is 23.5 Å². The van der Waals surface area contributed by atoms with Crippen molar-refractivity contribution < 1.29 is 18.7 Å². The fraction of sp³-hybridized carbons (Fsp3) is 0.143. The van der Waals surface area contributed by atoms with Crippen molar-refractivity contribution in [3.8, 4) is 5.88 Å². The van der Waals surface area contributed by atoms with E-state index in [1.54, 1.807) is 24.3 Å². The molecule has 1 aromatic heterocycles. The lowest BCUT2D eigenvalue weighted by Gasteiger charge is -2.10. The predicted molar refractivity (Wildman–Crippen MR) is 85.4 cm³/mol. The zero-order valence-electron chi connectivity index (χ0n) is 11.5. The molecule has 1 aromatic carbocycles. The van der Waals surface area contributed by atoms with E-state index in [0.29, 0.717) is 10.6 Å². The van der Waals surface area contributed by atoms with E-state index >= 15 is 0 Å². The Morgan fingerprint density at radius 3 is 2.61 bits per heavy atom. The summed E-state index contributed by atoms with van der Waals surface area (Å²) in [6, 6.07) is 6.90. The van der Waals surface area contributed by atoms with Crippen LogP contribution in [0, 0.1) is 5.95 Å². The Labute approximate surface area is 146 Å². The molecule has 1 heterocycles. The number of pyridine rings is 1. The van der Waals surface area contributed by atoms with Crippen molar-refractivity contribution in [1.29, 1.82) is 0 Å². The molecule has 2 N–H and O–H groups in total. The monoisotopic (exact) mass is 378 g/mol. The van der Waals surface area contributed by atoms with Gasteiger partial charge in [0, 0.05) is 10.6 Å². The Bertz CT molecular complexity index is 743. The van der Waals surface area contributed by atoms with Crippen LogP contribution in [0.25, 0.3) is 0 Å². The van der Waals surface area contributed by atoms with Gasteiger partial charge in [-0.1, -0.05) is 53.0 Å². The molecule has 0 atom stereocenters. The standard InChI is InChI=1S/C14H10Cl3FN2O3/c15-8-4-2-1-3-7(8)5-22-9(21)6-23-14-11(17)12(19)10(16)13(18)20-14/h1-4H,5-6H2,(H2,19,20). The number of hydrogen-bond acceptors (Lipinski definition) is 5. The van der Waals surface area contributed by atoms with Gasteiger partial charge >= 0.3 is 5.97 Å². The van der Waals surface area contributed by atoms with Gasteiger partial charge in [0.1, 0.15) is 16.7 Å². The number of hydrogen-bond donors (Lipinski definition) is 1. The first kappa shape index (κ1) is 17.6. The minimum Gasteiger partial charge on any atom is -0.464 e. The third kappa shape index (κ3) is 4.37. The maximum atomic E-state index is 13.4. The fourth-order valence-electron chi connectivity index (χ4n) is 1.55. The Balaban J connectivity index is 1.94. The van der Waals surface area contributed by atoms with Gasteiger partial charge in [0.2, 0.25) is 11.8 Å². The largest absolute Gasteiger partial charge is 0.464 e. The van der Waals surface area contributed by atoms with E-state index in [2.05, 4.69) is 4.98 Å². The molecule has 23 heavy (non-hydrogen) atoms. The van der Waals surface area contributed by atoms with Crippen LogP contribution in [-0.2, 0) is 16.1 Å². The van der Waals surface area contributed by atoms with Crippen LogP contribution in [0.4, 0.5) is 10.1 Å². The van der Waals surface area contributed by atoms with Gasteiger partial charge in [0.25, 0.3) is 0 Å². The molecular formula is C14H10Cl3FN2O3. The second-order valence-electron chi connectivity index (χ2n) is 4.29. The molecule has 0 radical (unpaired) electrons. The van der Waals surface area contributed by atoms with Crippen molar-refractivity contribution in [2.75, 3.05) is 12.3 Å². The normalized spacial score (nSPS) is 10.4. The highest BCUT2D eigenvalue weighted by Gasteiger charge is 2.17. The lowest BCUT2D eigenvalue weighted by Crippen LogP contribution is -2.16. The number of anilines is 1. The number of esters is 1. The summed E-state index contributed by atoms with van der Waals surface area (Å²) in [5.74, 6) is -2.11. The second kappa shape index (κ2) is 7.68. The highest BCUT2D eigenvalue weighted by molar-refractivity contribution is 6.39. The summed E-state index contributed by atoms with van der Waals surface area (Å²) in [5, 5.41) is -0.127. The molecule has 0 bridgehead atoms. The number of nitrogens with two attached hydrogens (primary N) is 1. The number of rotatable bonds is 5. The van der Waals surface area contributed by atoms with E-state index in [1.165, 1.54) is 0 Å². The summed E-state index contributed by atoms with van der Waals surface area (Å²) in [5.41, 5.74) is 5.90. The molecule has 0 fully saturated rings. The zero-order valence-corrected chi connectivity index (χ0v) is 13.8. The van der Waals surface area contributed by atoms with Gasteiger partial charge in [-0.15, -0.1) is 0 Å². The van der Waals surface area contributed by atoms with E-state index in [9.17, 15) is 9.18 Å². The van der Waals surface area contributed by atoms with Crippen molar-refractivity contribution in [2.45, 2.75) is 6.61 Å². The van der Waals surface area contributed by atoms with Crippen LogP contribution in [-0.4, -0.2) is 17.6 Å². The molecule has 0 aliphatic heterocycles. The third-order valence-corrected chi connectivity index (χ3v) is 3.81. The molecular weight excluding hydrogens is 370 g/mol. The van der Waals surface area contributed by atoms with E-state index in [-0.39, 0.29) is 23.2 Å². The van der Waals surface area contributed by atoms with Crippen LogP contribution in [0.5, 0.6) is 5.88 Å². The number of carbonyl (C=O) groups excluding carboxylic acids is 1. The average molecular weight is 380 g/mol. The predicted octanol–water partition coefficient (Wildman–Crippen LogP) is 3.89. The second-order valence-corrected chi connectivity index (χ2v) is 5.45. The van der Waals surface area contributed by atoms with Gasteiger partial charge < -0.3 is 15.2 Å². The molecule has 9 heteroatoms. The summed E-state index contributed by atoms with van der Waals surface area (Å²) < 4.78 is 23.4. The first-order valence-corrected chi connectivity index (χ1v) is 7.35. The van der Waals surface area contributed by atoms with Crippen LogP contribution in [0.3, 0.4) is 0 Å². The van der Waals surface area contributed by atoms with Crippen molar-refractivity contribution in [1.82, 2.24) is 4.98 Å².